The number of ether oxygens (including phenoxy) is 3. The van der Waals surface area contributed by atoms with Crippen LogP contribution >= 0.6 is 23.4 Å². The zero-order valence-electron chi connectivity index (χ0n) is 17.2. The summed E-state index contributed by atoms with van der Waals surface area (Å²) in [6, 6.07) is 8.67. The number of amides is 1. The van der Waals surface area contributed by atoms with E-state index in [0.717, 1.165) is 4.90 Å². The van der Waals surface area contributed by atoms with E-state index < -0.39 is 0 Å². The van der Waals surface area contributed by atoms with E-state index in [9.17, 15) is 4.79 Å². The first-order valence-electron chi connectivity index (χ1n) is 8.94. The van der Waals surface area contributed by atoms with Crippen LogP contribution in [0.3, 0.4) is 0 Å². The number of carbonyl (C=O) groups excluding carboxylic acids is 1. The molecule has 2 aromatic carbocycles. The minimum atomic E-state index is -0.339. The van der Waals surface area contributed by atoms with Crippen LogP contribution in [0.4, 0.5) is 5.69 Å². The molecular weight excluding hydrogens is 442 g/mol. The largest absolute Gasteiger partial charge is 0.493 e. The normalized spacial score (nSPS) is 10.9. The zero-order valence-corrected chi connectivity index (χ0v) is 18.8. The smallest absolute Gasteiger partial charge is 0.248 e. The standard InChI is InChI=1S/C20H20ClN5O4S/c1-26-20(23-24-25-26)31-17-7-6-13(21)11-14(17)22-18(27)8-5-12-9-15(28-2)19(30-4)16(10-12)29-3/h5-11H,1-4H3,(H,22,27)/b8-5-. The minimum absolute atomic E-state index is 0.339. The molecule has 0 saturated heterocycles. The van der Waals surface area contributed by atoms with Gasteiger partial charge in [-0.2, -0.15) is 0 Å². The Hall–Kier alpha value is -3.24. The van der Waals surface area contributed by atoms with Crippen LogP contribution in [-0.4, -0.2) is 47.4 Å². The summed E-state index contributed by atoms with van der Waals surface area (Å²) in [6.45, 7) is 0. The molecule has 162 valence electrons. The summed E-state index contributed by atoms with van der Waals surface area (Å²) in [7, 11) is 6.32. The fourth-order valence-electron chi connectivity index (χ4n) is 2.64. The highest BCUT2D eigenvalue weighted by atomic mass is 35.5. The van der Waals surface area contributed by atoms with Gasteiger partial charge in [0, 0.05) is 23.0 Å². The summed E-state index contributed by atoms with van der Waals surface area (Å²) in [4.78, 5) is 13.3. The molecule has 3 rings (SSSR count). The van der Waals surface area contributed by atoms with Crippen LogP contribution in [0.2, 0.25) is 5.02 Å². The van der Waals surface area contributed by atoms with E-state index in [1.165, 1.54) is 43.8 Å². The Morgan fingerprint density at radius 1 is 1.13 bits per heavy atom. The highest BCUT2D eigenvalue weighted by Crippen LogP contribution is 2.38. The van der Waals surface area contributed by atoms with Crippen molar-refractivity contribution in [2.75, 3.05) is 26.6 Å². The van der Waals surface area contributed by atoms with E-state index in [-0.39, 0.29) is 5.91 Å². The number of benzene rings is 2. The SMILES string of the molecule is COc1cc(/C=C\C(=O)Nc2cc(Cl)ccc2Sc2nnnn2C)cc(OC)c1OC. The molecule has 0 spiro atoms. The van der Waals surface area contributed by atoms with Crippen LogP contribution in [0.25, 0.3) is 6.08 Å². The molecule has 1 aromatic heterocycles. The van der Waals surface area contributed by atoms with Gasteiger partial charge in [-0.3, -0.25) is 4.79 Å². The molecule has 11 heteroatoms. The molecule has 0 fully saturated rings. The quantitative estimate of drug-likeness (QED) is 0.507. The van der Waals surface area contributed by atoms with Gasteiger partial charge in [-0.05, 0) is 64.2 Å². The molecule has 9 nitrogen and oxygen atoms in total. The summed E-state index contributed by atoms with van der Waals surface area (Å²) in [5.41, 5.74) is 1.25. The van der Waals surface area contributed by atoms with Crippen molar-refractivity contribution in [3.8, 4) is 17.2 Å². The second-order valence-corrected chi connectivity index (χ2v) is 7.55. The van der Waals surface area contributed by atoms with Crippen LogP contribution in [0, 0.1) is 0 Å². The lowest BCUT2D eigenvalue weighted by Gasteiger charge is -2.13. The molecule has 0 aliphatic heterocycles. The second kappa shape index (κ2) is 10.2. The van der Waals surface area contributed by atoms with E-state index in [4.69, 9.17) is 25.8 Å². The Bertz CT molecular complexity index is 1090. The maximum absolute atomic E-state index is 12.6. The van der Waals surface area contributed by atoms with Gasteiger partial charge in [0.25, 0.3) is 0 Å². The first-order valence-corrected chi connectivity index (χ1v) is 10.1. The molecule has 31 heavy (non-hydrogen) atoms. The number of tetrazole rings is 1. The number of nitrogens with one attached hydrogen (secondary N) is 1. The molecule has 0 saturated carbocycles. The fourth-order valence-corrected chi connectivity index (χ4v) is 3.61. The second-order valence-electron chi connectivity index (χ2n) is 6.11. The van der Waals surface area contributed by atoms with E-state index in [1.807, 2.05) is 0 Å². The Kier molecular flexibility index (Phi) is 7.37. The molecular formula is C20H20ClN5O4S. The van der Waals surface area contributed by atoms with Crippen molar-refractivity contribution < 1.29 is 19.0 Å². The highest BCUT2D eigenvalue weighted by Gasteiger charge is 2.13. The van der Waals surface area contributed by atoms with E-state index in [0.29, 0.717) is 38.7 Å². The number of hydrogen-bond donors (Lipinski definition) is 1. The molecule has 0 radical (unpaired) electrons. The predicted molar refractivity (Wildman–Crippen MR) is 118 cm³/mol. The molecule has 0 atom stereocenters. The van der Waals surface area contributed by atoms with Crippen LogP contribution in [-0.2, 0) is 11.8 Å². The third-order valence-corrected chi connectivity index (χ3v) is 5.44. The third-order valence-electron chi connectivity index (χ3n) is 4.10. The Balaban J connectivity index is 1.80. The van der Waals surface area contributed by atoms with Crippen molar-refractivity contribution in [3.63, 3.8) is 0 Å². The molecule has 1 N–H and O–H groups in total. The van der Waals surface area contributed by atoms with E-state index in [2.05, 4.69) is 20.8 Å². The van der Waals surface area contributed by atoms with E-state index >= 15 is 0 Å². The molecule has 1 heterocycles. The van der Waals surface area contributed by atoms with Crippen LogP contribution in [0.15, 0.2) is 46.5 Å². The summed E-state index contributed by atoms with van der Waals surface area (Å²) < 4.78 is 17.5. The number of carbonyl (C=O) groups is 1. The zero-order chi connectivity index (χ0) is 22.4. The molecule has 0 bridgehead atoms. The van der Waals surface area contributed by atoms with Gasteiger partial charge in [-0.25, -0.2) is 4.68 Å². The lowest BCUT2D eigenvalue weighted by Crippen LogP contribution is -2.09. The van der Waals surface area contributed by atoms with Gasteiger partial charge in [0.1, 0.15) is 0 Å². The van der Waals surface area contributed by atoms with Gasteiger partial charge in [0.15, 0.2) is 11.5 Å². The van der Waals surface area contributed by atoms with Crippen molar-refractivity contribution in [2.24, 2.45) is 7.05 Å². The van der Waals surface area contributed by atoms with Crippen LogP contribution in [0.1, 0.15) is 5.56 Å². The number of methoxy groups -OCH3 is 3. The maximum Gasteiger partial charge on any atom is 0.248 e. The fraction of sp³-hybridized carbons (Fsp3) is 0.200. The number of halogens is 1. The summed E-state index contributed by atoms with van der Waals surface area (Å²) in [5.74, 6) is 1.12. The maximum atomic E-state index is 12.6. The third kappa shape index (κ3) is 5.47. The molecule has 3 aromatic rings. The average Bonchev–Trinajstić information content (AvgIpc) is 3.17. The van der Waals surface area contributed by atoms with Crippen LogP contribution < -0.4 is 19.5 Å². The molecule has 0 unspecified atom stereocenters. The van der Waals surface area contributed by atoms with Gasteiger partial charge >= 0.3 is 0 Å². The van der Waals surface area contributed by atoms with Crippen molar-refractivity contribution in [1.29, 1.82) is 0 Å². The number of hydrogen-bond acceptors (Lipinski definition) is 8. The average molecular weight is 462 g/mol. The lowest BCUT2D eigenvalue weighted by atomic mass is 10.1. The van der Waals surface area contributed by atoms with Gasteiger partial charge in [-0.15, -0.1) is 5.10 Å². The predicted octanol–water partition coefficient (Wildman–Crippen LogP) is 3.69. The highest BCUT2D eigenvalue weighted by molar-refractivity contribution is 7.99. The van der Waals surface area contributed by atoms with Gasteiger partial charge in [-0.1, -0.05) is 11.6 Å². The lowest BCUT2D eigenvalue weighted by molar-refractivity contribution is -0.111. The van der Waals surface area contributed by atoms with Crippen molar-refractivity contribution in [3.05, 3.63) is 47.0 Å². The number of rotatable bonds is 8. The van der Waals surface area contributed by atoms with Crippen molar-refractivity contribution >= 4 is 41.0 Å². The van der Waals surface area contributed by atoms with Gasteiger partial charge in [0.05, 0.1) is 27.0 Å². The van der Waals surface area contributed by atoms with E-state index in [1.54, 1.807) is 43.5 Å². The topological polar surface area (TPSA) is 100 Å². The molecule has 1 amide bonds. The van der Waals surface area contributed by atoms with Gasteiger partial charge < -0.3 is 19.5 Å². The monoisotopic (exact) mass is 461 g/mol. The van der Waals surface area contributed by atoms with Crippen molar-refractivity contribution in [1.82, 2.24) is 20.2 Å². The van der Waals surface area contributed by atoms with Crippen molar-refractivity contribution in [2.45, 2.75) is 10.1 Å². The minimum Gasteiger partial charge on any atom is -0.493 e. The number of aryl methyl sites for hydroxylation is 1. The molecule has 0 aliphatic carbocycles. The Labute approximate surface area is 188 Å². The summed E-state index contributed by atoms with van der Waals surface area (Å²) >= 11 is 7.43. The number of aromatic nitrogens is 4. The summed E-state index contributed by atoms with van der Waals surface area (Å²) in [6.07, 6.45) is 3.05. The number of anilines is 1. The first kappa shape index (κ1) is 22.4. The Morgan fingerprint density at radius 3 is 2.42 bits per heavy atom. The number of nitrogens with zero attached hydrogens (tertiary/aromatic N) is 4. The Morgan fingerprint density at radius 2 is 1.84 bits per heavy atom. The summed E-state index contributed by atoms with van der Waals surface area (Å²) in [5, 5.41) is 15.3. The van der Waals surface area contributed by atoms with Gasteiger partial charge in [0.2, 0.25) is 16.8 Å². The first-order chi connectivity index (χ1) is 14.9. The van der Waals surface area contributed by atoms with Crippen LogP contribution in [0.5, 0.6) is 17.2 Å². The molecule has 0 aliphatic rings.